The molecule has 10 heteroatoms. The smallest absolute Gasteiger partial charge is 0.329 e. The number of piperidine rings is 1. The van der Waals surface area contributed by atoms with Gasteiger partial charge in [-0.3, -0.25) is 9.78 Å². The number of alkyl halides is 3. The number of hydrogen-bond donors (Lipinski definition) is 1. The van der Waals surface area contributed by atoms with Crippen LogP contribution in [0.2, 0.25) is 0 Å². The molecule has 0 aromatic carbocycles. The first-order chi connectivity index (χ1) is 10.6. The summed E-state index contributed by atoms with van der Waals surface area (Å²) in [5.41, 5.74) is 0. The molecule has 0 aliphatic carbocycles. The van der Waals surface area contributed by atoms with Crippen LogP contribution in [0.5, 0.6) is 0 Å². The van der Waals surface area contributed by atoms with Crippen molar-refractivity contribution in [3.8, 4) is 0 Å². The maximum atomic E-state index is 12.9. The van der Waals surface area contributed by atoms with Gasteiger partial charge in [-0.25, -0.2) is 13.1 Å². The summed E-state index contributed by atoms with van der Waals surface area (Å²) in [5.74, 6) is -0.738. The number of sulfonamides is 1. The lowest BCUT2D eigenvalue weighted by Crippen LogP contribution is -2.57. The minimum absolute atomic E-state index is 0.00650. The topological polar surface area (TPSA) is 79.4 Å². The van der Waals surface area contributed by atoms with E-state index < -0.39 is 34.2 Å². The van der Waals surface area contributed by atoms with Gasteiger partial charge in [0.05, 0.1) is 0 Å². The number of carbonyl (C=O) groups is 1. The van der Waals surface area contributed by atoms with Crippen molar-refractivity contribution >= 4 is 15.9 Å². The van der Waals surface area contributed by atoms with Gasteiger partial charge < -0.3 is 4.90 Å². The quantitative estimate of drug-likeness (QED) is 0.890. The van der Waals surface area contributed by atoms with Crippen LogP contribution in [-0.4, -0.2) is 49.0 Å². The minimum atomic E-state index is -4.53. The number of likely N-dealkylation sites (tertiary alicyclic amines) is 1. The predicted molar refractivity (Wildman–Crippen MR) is 74.8 cm³/mol. The van der Waals surface area contributed by atoms with E-state index in [2.05, 4.69) is 9.71 Å². The molecule has 0 saturated carbocycles. The highest BCUT2D eigenvalue weighted by molar-refractivity contribution is 7.89. The lowest BCUT2D eigenvalue weighted by Gasteiger charge is -2.39. The first-order valence-corrected chi connectivity index (χ1v) is 8.36. The van der Waals surface area contributed by atoms with Crippen molar-refractivity contribution in [3.05, 3.63) is 24.5 Å². The van der Waals surface area contributed by atoms with Crippen molar-refractivity contribution in [2.45, 2.75) is 42.9 Å². The highest BCUT2D eigenvalue weighted by Gasteiger charge is 2.47. The summed E-state index contributed by atoms with van der Waals surface area (Å²) in [7, 11) is -3.89. The van der Waals surface area contributed by atoms with Crippen LogP contribution in [0.25, 0.3) is 0 Å². The average Bonchev–Trinajstić information content (AvgIpc) is 2.46. The zero-order valence-electron chi connectivity index (χ0n) is 12.2. The Bertz CT molecular complexity index is 664. The molecule has 2 rings (SSSR count). The molecule has 1 fully saturated rings. The van der Waals surface area contributed by atoms with Crippen molar-refractivity contribution in [3.63, 3.8) is 0 Å². The van der Waals surface area contributed by atoms with E-state index in [1.54, 1.807) is 0 Å². The van der Waals surface area contributed by atoms with Gasteiger partial charge in [-0.15, -0.1) is 0 Å². The second-order valence-electron chi connectivity index (χ2n) is 5.31. The Kier molecular flexibility index (Phi) is 4.95. The number of nitrogens with zero attached hydrogens (tertiary/aromatic N) is 2. The molecule has 23 heavy (non-hydrogen) atoms. The lowest BCUT2D eigenvalue weighted by atomic mass is 9.98. The van der Waals surface area contributed by atoms with Gasteiger partial charge in [-0.2, -0.15) is 13.2 Å². The molecule has 2 atom stereocenters. The maximum absolute atomic E-state index is 12.9. The Morgan fingerprint density at radius 3 is 2.61 bits per heavy atom. The molecule has 0 radical (unpaired) electrons. The standard InChI is InChI=1S/C13H16F3N3O3S/c1-9(20)19-8-10(4-5-12(19)13(14,15)16)18-23(21,22)11-3-2-6-17-7-11/h2-3,6-7,10,12,18H,4-5,8H2,1H3/t10-,12-/m1/s1. The molecule has 0 spiro atoms. The van der Waals surface area contributed by atoms with Gasteiger partial charge in [0, 0.05) is 31.9 Å². The van der Waals surface area contributed by atoms with E-state index in [0.29, 0.717) is 4.90 Å². The highest BCUT2D eigenvalue weighted by atomic mass is 32.2. The number of nitrogens with one attached hydrogen (secondary N) is 1. The van der Waals surface area contributed by atoms with Crippen LogP contribution in [-0.2, 0) is 14.8 Å². The van der Waals surface area contributed by atoms with E-state index in [1.807, 2.05) is 0 Å². The van der Waals surface area contributed by atoms with Crippen LogP contribution in [0, 0.1) is 0 Å². The molecule has 1 aromatic rings. The van der Waals surface area contributed by atoms with Crippen molar-refractivity contribution < 1.29 is 26.4 Å². The molecule has 1 N–H and O–H groups in total. The van der Waals surface area contributed by atoms with Gasteiger partial charge in [-0.1, -0.05) is 0 Å². The molecule has 1 saturated heterocycles. The molecule has 0 bridgehead atoms. The van der Waals surface area contributed by atoms with E-state index in [4.69, 9.17) is 0 Å². The first-order valence-electron chi connectivity index (χ1n) is 6.87. The fraction of sp³-hybridized carbons (Fsp3) is 0.538. The predicted octanol–water partition coefficient (Wildman–Crippen LogP) is 1.30. The van der Waals surface area contributed by atoms with Crippen LogP contribution in [0.15, 0.2) is 29.4 Å². The van der Waals surface area contributed by atoms with Gasteiger partial charge in [-0.05, 0) is 25.0 Å². The summed E-state index contributed by atoms with van der Waals surface area (Å²) in [5, 5.41) is 0. The molecule has 0 unspecified atom stereocenters. The van der Waals surface area contributed by atoms with Crippen LogP contribution in [0.1, 0.15) is 19.8 Å². The van der Waals surface area contributed by atoms with Gasteiger partial charge in [0.25, 0.3) is 0 Å². The Morgan fingerprint density at radius 1 is 1.39 bits per heavy atom. The SMILES string of the molecule is CC(=O)N1C[C@H](NS(=O)(=O)c2cccnc2)CC[C@@H]1C(F)(F)F. The number of amides is 1. The summed E-state index contributed by atoms with van der Waals surface area (Å²) in [4.78, 5) is 15.8. The van der Waals surface area contributed by atoms with E-state index in [9.17, 15) is 26.4 Å². The Labute approximate surface area is 131 Å². The van der Waals surface area contributed by atoms with Gasteiger partial charge in [0.15, 0.2) is 0 Å². The highest BCUT2D eigenvalue weighted by Crippen LogP contribution is 2.32. The molecule has 1 aromatic heterocycles. The average molecular weight is 351 g/mol. The summed E-state index contributed by atoms with van der Waals surface area (Å²) in [6.07, 6.45) is -2.33. The Balaban J connectivity index is 2.13. The normalized spacial score (nSPS) is 22.9. The van der Waals surface area contributed by atoms with E-state index in [1.165, 1.54) is 18.3 Å². The molecule has 1 aliphatic rings. The summed E-state index contributed by atoms with van der Waals surface area (Å²) >= 11 is 0. The van der Waals surface area contributed by atoms with Gasteiger partial charge >= 0.3 is 6.18 Å². The lowest BCUT2D eigenvalue weighted by molar-refractivity contribution is -0.196. The van der Waals surface area contributed by atoms with Crippen LogP contribution < -0.4 is 4.72 Å². The second-order valence-corrected chi connectivity index (χ2v) is 7.03. The molecule has 2 heterocycles. The van der Waals surface area contributed by atoms with E-state index in [-0.39, 0.29) is 24.3 Å². The molecule has 128 valence electrons. The van der Waals surface area contributed by atoms with E-state index >= 15 is 0 Å². The Hall–Kier alpha value is -1.68. The number of hydrogen-bond acceptors (Lipinski definition) is 4. The molecule has 6 nitrogen and oxygen atoms in total. The van der Waals surface area contributed by atoms with Crippen molar-refractivity contribution in [1.29, 1.82) is 0 Å². The summed E-state index contributed by atoms with van der Waals surface area (Å²) in [6.45, 7) is 0.718. The van der Waals surface area contributed by atoms with E-state index in [0.717, 1.165) is 13.1 Å². The number of aromatic nitrogens is 1. The van der Waals surface area contributed by atoms with Crippen LogP contribution in [0.4, 0.5) is 13.2 Å². The Morgan fingerprint density at radius 2 is 2.09 bits per heavy atom. The third-order valence-electron chi connectivity index (χ3n) is 3.63. The number of rotatable bonds is 3. The third kappa shape index (κ3) is 4.20. The van der Waals surface area contributed by atoms with Crippen molar-refractivity contribution in [2.75, 3.05) is 6.54 Å². The summed E-state index contributed by atoms with van der Waals surface area (Å²) < 4.78 is 65.5. The molecule has 1 aliphatic heterocycles. The van der Waals surface area contributed by atoms with Crippen LogP contribution in [0.3, 0.4) is 0 Å². The molecule has 1 amide bonds. The fourth-order valence-electron chi connectivity index (χ4n) is 2.55. The van der Waals surface area contributed by atoms with Gasteiger partial charge in [0.1, 0.15) is 10.9 Å². The monoisotopic (exact) mass is 351 g/mol. The second kappa shape index (κ2) is 6.44. The third-order valence-corrected chi connectivity index (χ3v) is 5.14. The summed E-state index contributed by atoms with van der Waals surface area (Å²) in [6, 6.07) is 0.123. The van der Waals surface area contributed by atoms with Crippen molar-refractivity contribution in [2.24, 2.45) is 0 Å². The number of carbonyl (C=O) groups excluding carboxylic acids is 1. The maximum Gasteiger partial charge on any atom is 0.408 e. The minimum Gasteiger partial charge on any atom is -0.329 e. The molecular formula is C13H16F3N3O3S. The fourth-order valence-corrected chi connectivity index (χ4v) is 3.77. The number of halogens is 3. The largest absolute Gasteiger partial charge is 0.408 e. The van der Waals surface area contributed by atoms with Crippen molar-refractivity contribution in [1.82, 2.24) is 14.6 Å². The van der Waals surface area contributed by atoms with Gasteiger partial charge in [0.2, 0.25) is 15.9 Å². The van der Waals surface area contributed by atoms with Crippen LogP contribution >= 0.6 is 0 Å². The first kappa shape index (κ1) is 17.7. The zero-order valence-corrected chi connectivity index (χ0v) is 13.1. The zero-order chi connectivity index (χ0) is 17.3. The number of pyridine rings is 1. The molecular weight excluding hydrogens is 335 g/mol.